The number of hydrogen-bond acceptors (Lipinski definition) is 10. The average molecular weight is 521 g/mol. The van der Waals surface area contributed by atoms with Crippen LogP contribution in [-0.4, -0.2) is 74.2 Å². The SMILES string of the molecule is CO[C@H]1CN(c2nc(-c3ncnn3C)c(OC(=O)O)s2)CC[C@H]1NC(=O)c1[nH]c(C)c(C#N)c1Cl. The summed E-state index contributed by atoms with van der Waals surface area (Å²) in [6, 6.07) is 1.65. The molecule has 0 saturated carbocycles. The first-order chi connectivity index (χ1) is 16.7. The smallest absolute Gasteiger partial charge is 0.449 e. The Morgan fingerprint density at radius 2 is 2.23 bits per heavy atom. The topological polar surface area (TPSA) is 171 Å². The molecule has 4 rings (SSSR count). The summed E-state index contributed by atoms with van der Waals surface area (Å²) in [4.78, 5) is 37.5. The number of hydrogen-bond donors (Lipinski definition) is 3. The van der Waals surface area contributed by atoms with Gasteiger partial charge in [0.2, 0.25) is 5.06 Å². The lowest BCUT2D eigenvalue weighted by Crippen LogP contribution is -2.55. The third-order valence-corrected chi connectivity index (χ3v) is 6.97. The number of carboxylic acid groups (broad SMARTS) is 1. The van der Waals surface area contributed by atoms with E-state index < -0.39 is 18.2 Å². The summed E-state index contributed by atoms with van der Waals surface area (Å²) >= 11 is 7.27. The van der Waals surface area contributed by atoms with Crippen LogP contribution in [0.1, 0.15) is 28.2 Å². The lowest BCUT2D eigenvalue weighted by molar-refractivity contribution is 0.0540. The molecular formula is C20H21ClN8O5S. The molecule has 0 aromatic carbocycles. The number of nitriles is 1. The summed E-state index contributed by atoms with van der Waals surface area (Å²) in [5, 5.41) is 26.0. The molecule has 3 aromatic heterocycles. The Bertz CT molecular complexity index is 1310. The molecule has 0 bridgehead atoms. The van der Waals surface area contributed by atoms with E-state index in [0.717, 1.165) is 11.3 Å². The number of amides is 1. The second-order valence-corrected chi connectivity index (χ2v) is 9.04. The number of aromatic nitrogens is 5. The van der Waals surface area contributed by atoms with Gasteiger partial charge in [-0.2, -0.15) is 10.4 Å². The summed E-state index contributed by atoms with van der Waals surface area (Å²) in [6.07, 6.45) is -0.00631. The summed E-state index contributed by atoms with van der Waals surface area (Å²) in [5.41, 5.74) is 1.14. The van der Waals surface area contributed by atoms with E-state index >= 15 is 0 Å². The molecular weight excluding hydrogens is 500 g/mol. The van der Waals surface area contributed by atoms with Gasteiger partial charge in [-0.3, -0.25) is 4.79 Å². The molecule has 3 aromatic rings. The molecule has 3 N–H and O–H groups in total. The van der Waals surface area contributed by atoms with Crippen LogP contribution in [0.4, 0.5) is 9.93 Å². The van der Waals surface area contributed by atoms with E-state index in [0.29, 0.717) is 36.2 Å². The average Bonchev–Trinajstić information content (AvgIpc) is 3.50. The molecule has 13 nitrogen and oxygen atoms in total. The Balaban J connectivity index is 1.52. The van der Waals surface area contributed by atoms with Gasteiger partial charge in [0, 0.05) is 32.9 Å². The minimum atomic E-state index is -1.46. The van der Waals surface area contributed by atoms with Crippen molar-refractivity contribution in [2.24, 2.45) is 7.05 Å². The molecule has 15 heteroatoms. The number of H-pyrrole nitrogens is 1. The normalized spacial score (nSPS) is 17.7. The fourth-order valence-electron chi connectivity index (χ4n) is 3.85. The van der Waals surface area contributed by atoms with Gasteiger partial charge in [0.15, 0.2) is 16.6 Å². The van der Waals surface area contributed by atoms with Crippen molar-refractivity contribution in [1.82, 2.24) is 30.0 Å². The van der Waals surface area contributed by atoms with E-state index in [1.54, 1.807) is 21.1 Å². The van der Waals surface area contributed by atoms with Gasteiger partial charge in [-0.15, -0.1) is 0 Å². The Hall–Kier alpha value is -3.67. The van der Waals surface area contributed by atoms with Gasteiger partial charge in [-0.05, 0) is 13.3 Å². The third kappa shape index (κ3) is 4.78. The van der Waals surface area contributed by atoms with E-state index in [9.17, 15) is 14.9 Å². The Morgan fingerprint density at radius 3 is 2.83 bits per heavy atom. The molecule has 0 aliphatic carbocycles. The maximum absolute atomic E-state index is 12.8. The molecule has 1 aliphatic heterocycles. The highest BCUT2D eigenvalue weighted by atomic mass is 35.5. The monoisotopic (exact) mass is 520 g/mol. The number of ether oxygens (including phenoxy) is 2. The van der Waals surface area contributed by atoms with Crippen molar-refractivity contribution in [3.8, 4) is 22.7 Å². The molecule has 35 heavy (non-hydrogen) atoms. The van der Waals surface area contributed by atoms with E-state index in [4.69, 9.17) is 26.2 Å². The van der Waals surface area contributed by atoms with Crippen LogP contribution in [0.15, 0.2) is 6.33 Å². The zero-order chi connectivity index (χ0) is 25.3. The lowest BCUT2D eigenvalue weighted by atomic mass is 10.0. The van der Waals surface area contributed by atoms with E-state index in [2.05, 4.69) is 25.4 Å². The Labute approximate surface area is 208 Å². The number of nitrogens with zero attached hydrogens (tertiary/aromatic N) is 6. The number of aryl methyl sites for hydroxylation is 2. The van der Waals surface area contributed by atoms with E-state index in [-0.39, 0.29) is 33.1 Å². The predicted octanol–water partition coefficient (Wildman–Crippen LogP) is 2.18. The first-order valence-corrected chi connectivity index (χ1v) is 11.6. The number of piperidine rings is 1. The summed E-state index contributed by atoms with van der Waals surface area (Å²) in [5.74, 6) is -0.0693. The van der Waals surface area contributed by atoms with Crippen molar-refractivity contribution in [3.05, 3.63) is 28.3 Å². The highest BCUT2D eigenvalue weighted by Gasteiger charge is 2.34. The lowest BCUT2D eigenvalue weighted by Gasteiger charge is -2.37. The summed E-state index contributed by atoms with van der Waals surface area (Å²) in [6.45, 7) is 2.55. The number of nitrogens with one attached hydrogen (secondary N) is 2. The van der Waals surface area contributed by atoms with Gasteiger partial charge < -0.3 is 29.8 Å². The second kappa shape index (κ2) is 9.90. The minimum absolute atomic E-state index is 0.0815. The molecule has 1 aliphatic rings. The highest BCUT2D eigenvalue weighted by Crippen LogP contribution is 2.39. The summed E-state index contributed by atoms with van der Waals surface area (Å²) in [7, 11) is 3.21. The van der Waals surface area contributed by atoms with E-state index in [1.165, 1.54) is 11.0 Å². The largest absolute Gasteiger partial charge is 0.512 e. The van der Waals surface area contributed by atoms with Crippen LogP contribution in [0.3, 0.4) is 0 Å². The predicted molar refractivity (Wildman–Crippen MR) is 125 cm³/mol. The van der Waals surface area contributed by atoms with Gasteiger partial charge in [0.25, 0.3) is 5.91 Å². The number of anilines is 1. The maximum Gasteiger partial charge on any atom is 0.512 e. The fourth-order valence-corrected chi connectivity index (χ4v) is 5.11. The van der Waals surface area contributed by atoms with Crippen molar-refractivity contribution in [2.75, 3.05) is 25.1 Å². The first kappa shape index (κ1) is 24.5. The summed E-state index contributed by atoms with van der Waals surface area (Å²) < 4.78 is 12.1. The van der Waals surface area contributed by atoms with Crippen LogP contribution in [-0.2, 0) is 11.8 Å². The van der Waals surface area contributed by atoms with E-state index in [1.807, 2.05) is 11.0 Å². The second-order valence-electron chi connectivity index (χ2n) is 7.72. The Kier molecular flexibility index (Phi) is 6.92. The number of methoxy groups -OCH3 is 1. The molecule has 0 unspecified atom stereocenters. The van der Waals surface area contributed by atoms with Gasteiger partial charge in [0.1, 0.15) is 18.1 Å². The number of carbonyl (C=O) groups excluding carboxylic acids is 1. The van der Waals surface area contributed by atoms with Crippen molar-refractivity contribution in [3.63, 3.8) is 0 Å². The van der Waals surface area contributed by atoms with Crippen molar-refractivity contribution < 1.29 is 24.2 Å². The molecule has 1 fully saturated rings. The van der Waals surface area contributed by atoms with Crippen LogP contribution >= 0.6 is 22.9 Å². The molecule has 1 saturated heterocycles. The number of aromatic amines is 1. The van der Waals surface area contributed by atoms with Crippen molar-refractivity contribution >= 4 is 40.1 Å². The van der Waals surface area contributed by atoms with Crippen molar-refractivity contribution in [2.45, 2.75) is 25.5 Å². The fraction of sp³-hybridized carbons (Fsp3) is 0.400. The molecule has 0 spiro atoms. The molecule has 4 heterocycles. The zero-order valence-corrected chi connectivity index (χ0v) is 20.5. The quantitative estimate of drug-likeness (QED) is 0.409. The zero-order valence-electron chi connectivity index (χ0n) is 18.9. The number of carbonyl (C=O) groups is 2. The third-order valence-electron chi connectivity index (χ3n) is 5.60. The number of thiazole rings is 1. The minimum Gasteiger partial charge on any atom is -0.449 e. The number of halogens is 1. The van der Waals surface area contributed by atoms with Crippen LogP contribution < -0.4 is 15.0 Å². The van der Waals surface area contributed by atoms with Gasteiger partial charge >= 0.3 is 6.16 Å². The Morgan fingerprint density at radius 1 is 1.46 bits per heavy atom. The molecule has 0 radical (unpaired) electrons. The first-order valence-electron chi connectivity index (χ1n) is 10.4. The molecule has 1 amide bonds. The van der Waals surface area contributed by atoms with Crippen molar-refractivity contribution in [1.29, 1.82) is 5.26 Å². The highest BCUT2D eigenvalue weighted by molar-refractivity contribution is 7.18. The van der Waals surface area contributed by atoms with Gasteiger partial charge in [-0.1, -0.05) is 22.9 Å². The van der Waals surface area contributed by atoms with Gasteiger partial charge in [-0.25, -0.2) is 19.4 Å². The number of rotatable bonds is 6. The van der Waals surface area contributed by atoms with Crippen LogP contribution in [0.5, 0.6) is 5.06 Å². The maximum atomic E-state index is 12.8. The van der Waals surface area contributed by atoms with Crippen LogP contribution in [0, 0.1) is 18.3 Å². The standard InChI is InChI=1S/C20H21ClN8O5S/c1-9-10(6-22)13(21)14(25-9)17(30)26-11-4-5-29(7-12(11)33-3)19-27-15(16-23-8-24-28(16)2)18(35-19)34-20(31)32/h8,11-12,25H,4-5,7H2,1-3H3,(H,26,30)(H,31,32)/t11-,12+/m1/s1. The molecule has 184 valence electrons. The van der Waals surface area contributed by atoms with Crippen LogP contribution in [0.25, 0.3) is 11.5 Å². The van der Waals surface area contributed by atoms with Crippen LogP contribution in [0.2, 0.25) is 5.02 Å². The van der Waals surface area contributed by atoms with Gasteiger partial charge in [0.05, 0.1) is 22.7 Å². The molecule has 2 atom stereocenters.